The number of amides is 1. The van der Waals surface area contributed by atoms with E-state index in [1.165, 1.54) is 14.2 Å². The van der Waals surface area contributed by atoms with Gasteiger partial charge in [0, 0.05) is 23.5 Å². The highest BCUT2D eigenvalue weighted by molar-refractivity contribution is 7.99. The number of rotatable bonds is 4. The zero-order chi connectivity index (χ0) is 13.8. The van der Waals surface area contributed by atoms with Gasteiger partial charge in [-0.1, -0.05) is 0 Å². The van der Waals surface area contributed by atoms with Crippen LogP contribution in [0.4, 0.5) is 5.69 Å². The van der Waals surface area contributed by atoms with Gasteiger partial charge in [0.2, 0.25) is 0 Å². The normalized spacial score (nSPS) is 18.1. The predicted octanol–water partition coefficient (Wildman–Crippen LogP) is 1.52. The molecule has 0 bridgehead atoms. The largest absolute Gasteiger partial charge is 0.493 e. The summed E-state index contributed by atoms with van der Waals surface area (Å²) in [7, 11) is 3.07. The molecule has 2 rings (SSSR count). The number of carbonyl (C=O) groups is 1. The van der Waals surface area contributed by atoms with Crippen LogP contribution in [0, 0.1) is 0 Å². The first-order valence-electron chi connectivity index (χ1n) is 6.05. The van der Waals surface area contributed by atoms with Gasteiger partial charge in [-0.15, -0.1) is 0 Å². The standard InChI is InChI=1S/C13H18N2O3S/c1-17-11-5-9(10(14)6-12(11)18-2)13(16)15-8-3-4-19-7-8/h5-6,8H,3-4,7,14H2,1-2H3,(H,15,16). The van der Waals surface area contributed by atoms with Gasteiger partial charge in [0.15, 0.2) is 11.5 Å². The lowest BCUT2D eigenvalue weighted by molar-refractivity contribution is 0.0941. The van der Waals surface area contributed by atoms with Crippen molar-refractivity contribution in [2.75, 3.05) is 31.5 Å². The molecule has 0 aromatic heterocycles. The van der Waals surface area contributed by atoms with E-state index in [9.17, 15) is 4.79 Å². The summed E-state index contributed by atoms with van der Waals surface area (Å²) in [6, 6.07) is 3.45. The summed E-state index contributed by atoms with van der Waals surface area (Å²) in [6.07, 6.45) is 1.00. The maximum absolute atomic E-state index is 12.2. The second kappa shape index (κ2) is 6.06. The van der Waals surface area contributed by atoms with Gasteiger partial charge in [-0.2, -0.15) is 11.8 Å². The van der Waals surface area contributed by atoms with Gasteiger partial charge in [0.05, 0.1) is 19.8 Å². The molecule has 1 aromatic rings. The lowest BCUT2D eigenvalue weighted by Gasteiger charge is -2.15. The third kappa shape index (κ3) is 3.07. The molecular formula is C13H18N2O3S. The van der Waals surface area contributed by atoms with Crippen LogP contribution in [0.5, 0.6) is 11.5 Å². The maximum atomic E-state index is 12.2. The quantitative estimate of drug-likeness (QED) is 0.819. The number of nitrogens with two attached hydrogens (primary N) is 1. The topological polar surface area (TPSA) is 73.6 Å². The van der Waals surface area contributed by atoms with Crippen LogP contribution < -0.4 is 20.5 Å². The monoisotopic (exact) mass is 282 g/mol. The molecular weight excluding hydrogens is 264 g/mol. The fourth-order valence-electron chi connectivity index (χ4n) is 2.00. The fourth-order valence-corrected chi connectivity index (χ4v) is 3.16. The Balaban J connectivity index is 2.20. The lowest BCUT2D eigenvalue weighted by atomic mass is 10.1. The smallest absolute Gasteiger partial charge is 0.253 e. The van der Waals surface area contributed by atoms with E-state index in [1.807, 2.05) is 11.8 Å². The SMILES string of the molecule is COc1cc(N)c(C(=O)NC2CCSC2)cc1OC. The maximum Gasteiger partial charge on any atom is 0.253 e. The van der Waals surface area contributed by atoms with Crippen LogP contribution in [0.15, 0.2) is 12.1 Å². The van der Waals surface area contributed by atoms with Crippen molar-refractivity contribution in [3.63, 3.8) is 0 Å². The Kier molecular flexibility index (Phi) is 4.42. The Hall–Kier alpha value is -1.56. The van der Waals surface area contributed by atoms with Crippen molar-refractivity contribution in [1.29, 1.82) is 0 Å². The molecule has 0 spiro atoms. The van der Waals surface area contributed by atoms with Crippen molar-refractivity contribution in [3.8, 4) is 11.5 Å². The van der Waals surface area contributed by atoms with E-state index in [0.29, 0.717) is 22.7 Å². The molecule has 6 heteroatoms. The third-order valence-electron chi connectivity index (χ3n) is 3.07. The molecule has 1 saturated heterocycles. The molecule has 0 aliphatic carbocycles. The second-order valence-corrected chi connectivity index (χ2v) is 5.48. The number of hydrogen-bond donors (Lipinski definition) is 2. The van der Waals surface area contributed by atoms with Gasteiger partial charge >= 0.3 is 0 Å². The van der Waals surface area contributed by atoms with Crippen LogP contribution in [0.2, 0.25) is 0 Å². The number of hydrogen-bond acceptors (Lipinski definition) is 5. The molecule has 1 atom stereocenters. The molecule has 3 N–H and O–H groups in total. The molecule has 19 heavy (non-hydrogen) atoms. The molecule has 1 amide bonds. The summed E-state index contributed by atoms with van der Waals surface area (Å²) >= 11 is 1.85. The minimum atomic E-state index is -0.161. The van der Waals surface area contributed by atoms with Gasteiger partial charge in [-0.25, -0.2) is 0 Å². The zero-order valence-electron chi connectivity index (χ0n) is 11.1. The van der Waals surface area contributed by atoms with Gasteiger partial charge < -0.3 is 20.5 Å². The summed E-state index contributed by atoms with van der Waals surface area (Å²) in [5.74, 6) is 2.91. The summed E-state index contributed by atoms with van der Waals surface area (Å²) in [5, 5.41) is 2.99. The van der Waals surface area contributed by atoms with Gasteiger partial charge in [0.25, 0.3) is 5.91 Å². The molecule has 0 saturated carbocycles. The predicted molar refractivity (Wildman–Crippen MR) is 77.2 cm³/mol. The average molecular weight is 282 g/mol. The molecule has 104 valence electrons. The van der Waals surface area contributed by atoms with Gasteiger partial charge in [-0.05, 0) is 18.2 Å². The van der Waals surface area contributed by atoms with Crippen molar-refractivity contribution in [3.05, 3.63) is 17.7 Å². The first-order valence-corrected chi connectivity index (χ1v) is 7.21. The summed E-state index contributed by atoms with van der Waals surface area (Å²) in [6.45, 7) is 0. The summed E-state index contributed by atoms with van der Waals surface area (Å²) in [5.41, 5.74) is 6.71. The van der Waals surface area contributed by atoms with Crippen molar-refractivity contribution in [2.24, 2.45) is 0 Å². The summed E-state index contributed by atoms with van der Waals surface area (Å²) < 4.78 is 10.3. The highest BCUT2D eigenvalue weighted by Gasteiger charge is 2.21. The molecule has 0 radical (unpaired) electrons. The first-order chi connectivity index (χ1) is 9.15. The van der Waals surface area contributed by atoms with Gasteiger partial charge in [-0.3, -0.25) is 4.79 Å². The molecule has 1 aromatic carbocycles. The van der Waals surface area contributed by atoms with E-state index in [-0.39, 0.29) is 11.9 Å². The van der Waals surface area contributed by atoms with Crippen molar-refractivity contribution < 1.29 is 14.3 Å². The highest BCUT2D eigenvalue weighted by Crippen LogP contribution is 2.32. The number of nitrogens with one attached hydrogen (secondary N) is 1. The van der Waals surface area contributed by atoms with Crippen molar-refractivity contribution in [2.45, 2.75) is 12.5 Å². The first kappa shape index (κ1) is 13.9. The van der Waals surface area contributed by atoms with Crippen LogP contribution in [0.3, 0.4) is 0 Å². The number of benzene rings is 1. The van der Waals surface area contributed by atoms with E-state index in [4.69, 9.17) is 15.2 Å². The fraction of sp³-hybridized carbons (Fsp3) is 0.462. The zero-order valence-corrected chi connectivity index (χ0v) is 11.9. The van der Waals surface area contributed by atoms with Crippen LogP contribution in [0.1, 0.15) is 16.8 Å². The Bertz CT molecular complexity index is 473. The van der Waals surface area contributed by atoms with E-state index in [0.717, 1.165) is 17.9 Å². The Morgan fingerprint density at radius 3 is 2.63 bits per heavy atom. The second-order valence-electron chi connectivity index (χ2n) is 4.33. The number of nitrogen functional groups attached to an aromatic ring is 1. The van der Waals surface area contributed by atoms with E-state index >= 15 is 0 Å². The average Bonchev–Trinajstić information content (AvgIpc) is 2.90. The Morgan fingerprint density at radius 2 is 2.05 bits per heavy atom. The molecule has 1 heterocycles. The number of thioether (sulfide) groups is 1. The van der Waals surface area contributed by atoms with Crippen LogP contribution in [-0.4, -0.2) is 37.7 Å². The Morgan fingerprint density at radius 1 is 1.37 bits per heavy atom. The minimum absolute atomic E-state index is 0.161. The Labute approximate surface area is 116 Å². The van der Waals surface area contributed by atoms with Crippen molar-refractivity contribution in [1.82, 2.24) is 5.32 Å². The van der Waals surface area contributed by atoms with Crippen LogP contribution in [0.25, 0.3) is 0 Å². The number of ether oxygens (including phenoxy) is 2. The molecule has 1 aliphatic rings. The van der Waals surface area contributed by atoms with E-state index < -0.39 is 0 Å². The van der Waals surface area contributed by atoms with Crippen LogP contribution in [-0.2, 0) is 0 Å². The lowest BCUT2D eigenvalue weighted by Crippen LogP contribution is -2.35. The van der Waals surface area contributed by atoms with Crippen molar-refractivity contribution >= 4 is 23.4 Å². The number of carbonyl (C=O) groups excluding carboxylic acids is 1. The van der Waals surface area contributed by atoms with Gasteiger partial charge in [0.1, 0.15) is 0 Å². The minimum Gasteiger partial charge on any atom is -0.493 e. The number of anilines is 1. The number of methoxy groups -OCH3 is 2. The molecule has 1 unspecified atom stereocenters. The molecule has 1 aliphatic heterocycles. The van der Waals surface area contributed by atoms with Crippen LogP contribution >= 0.6 is 11.8 Å². The molecule has 5 nitrogen and oxygen atoms in total. The summed E-state index contributed by atoms with van der Waals surface area (Å²) in [4.78, 5) is 12.2. The van der Waals surface area contributed by atoms with E-state index in [1.54, 1.807) is 12.1 Å². The molecule has 1 fully saturated rings. The highest BCUT2D eigenvalue weighted by atomic mass is 32.2. The van der Waals surface area contributed by atoms with E-state index in [2.05, 4.69) is 5.32 Å². The third-order valence-corrected chi connectivity index (χ3v) is 4.23.